The van der Waals surface area contributed by atoms with Crippen molar-refractivity contribution in [3.63, 3.8) is 0 Å². The van der Waals surface area contributed by atoms with E-state index in [2.05, 4.69) is 67.7 Å². The molecule has 0 aliphatic rings. The molecule has 1 aromatic rings. The van der Waals surface area contributed by atoms with E-state index in [1.807, 2.05) is 24.3 Å². The number of nitrogens with zero attached hydrogens (tertiary/aromatic N) is 1. The first-order valence-corrected chi connectivity index (χ1v) is 19.9. The second-order valence-electron chi connectivity index (χ2n) is 13.6. The van der Waals surface area contributed by atoms with Crippen LogP contribution in [0.3, 0.4) is 0 Å². The maximum atomic E-state index is 13.7. The maximum absolute atomic E-state index is 13.7. The molecule has 42 heavy (non-hydrogen) atoms. The first-order valence-electron chi connectivity index (χ1n) is 14.1. The minimum absolute atomic E-state index is 0.00344. The molecule has 1 rings (SSSR count). The lowest BCUT2D eigenvalue weighted by molar-refractivity contribution is -0.184. The fraction of sp³-hybridized carbons (Fsp3) is 0.667. The highest BCUT2D eigenvalue weighted by Crippen LogP contribution is 2.41. The van der Waals surface area contributed by atoms with E-state index in [1.165, 1.54) is 11.9 Å². The Kier molecular flexibility index (Phi) is 12.6. The van der Waals surface area contributed by atoms with Crippen LogP contribution in [0.2, 0.25) is 36.3 Å². The summed E-state index contributed by atoms with van der Waals surface area (Å²) in [5, 5.41) is -0.134. The van der Waals surface area contributed by atoms with E-state index in [0.717, 1.165) is 32.3 Å². The molecule has 238 valence electrons. The Hall–Kier alpha value is -2.71. The molecule has 3 atom stereocenters. The Morgan fingerprint density at radius 3 is 1.79 bits per heavy atom. The summed E-state index contributed by atoms with van der Waals surface area (Å²) >= 11 is 0. The number of likely N-dealkylation sites (N-methyl/N-ethyl adjacent to an activating group) is 1. The second-order valence-corrected chi connectivity index (χ2v) is 23.1. The number of carbonyl (C=O) groups excluding carboxylic acids is 4. The number of esters is 3. The van der Waals surface area contributed by atoms with Gasteiger partial charge in [-0.2, -0.15) is 0 Å². The fourth-order valence-electron chi connectivity index (χ4n) is 3.47. The predicted octanol–water partition coefficient (Wildman–Crippen LogP) is 5.63. The van der Waals surface area contributed by atoms with E-state index < -0.39 is 58.8 Å². The number of rotatable bonds is 12. The van der Waals surface area contributed by atoms with Gasteiger partial charge in [0.25, 0.3) is 5.91 Å². The Labute approximate surface area is 253 Å². The summed E-state index contributed by atoms with van der Waals surface area (Å²) in [6.07, 6.45) is -4.09. The predicted molar refractivity (Wildman–Crippen MR) is 166 cm³/mol. The van der Waals surface area contributed by atoms with Gasteiger partial charge in [0.15, 0.2) is 8.32 Å². The summed E-state index contributed by atoms with van der Waals surface area (Å²) < 4.78 is 28.4. The van der Waals surface area contributed by atoms with Crippen LogP contribution >= 0.6 is 0 Å². The van der Waals surface area contributed by atoms with E-state index in [1.54, 1.807) is 0 Å². The van der Waals surface area contributed by atoms with Gasteiger partial charge in [0.1, 0.15) is 5.75 Å². The molecule has 1 aromatic carbocycles. The monoisotopic (exact) mass is 625 g/mol. The second kappa shape index (κ2) is 14.2. The number of hydrogen-bond donors (Lipinski definition) is 0. The zero-order chi connectivity index (χ0) is 32.8. The van der Waals surface area contributed by atoms with Gasteiger partial charge < -0.3 is 28.0 Å². The zero-order valence-corrected chi connectivity index (χ0v) is 29.9. The normalized spacial score (nSPS) is 14.7. The molecule has 1 amide bonds. The van der Waals surface area contributed by atoms with Crippen LogP contribution in [0, 0.1) is 0 Å². The van der Waals surface area contributed by atoms with E-state index in [0.29, 0.717) is 0 Å². The van der Waals surface area contributed by atoms with Crippen molar-refractivity contribution < 1.29 is 42.2 Å². The third-order valence-corrected chi connectivity index (χ3v) is 16.9. The molecular formula is C30H51NO9Si2. The number of ether oxygens (including phenoxy) is 3. The average molecular weight is 626 g/mol. The van der Waals surface area contributed by atoms with Gasteiger partial charge in [0.05, 0.1) is 13.2 Å². The standard InChI is InChI=1S/C30H51NO9Si2/c1-20(32)37-25(26(28(35)36-10)38-21(2)33)27(34)31(9)19-24(40-42(13,14)30(6,7)8)22-16-15-17-23(18-22)39-41(11,12)29(3,4)5/h15-18,24-26H,19H2,1-14H3/t24-,25+,26-/m0/s1. The van der Waals surface area contributed by atoms with E-state index in [9.17, 15) is 19.2 Å². The van der Waals surface area contributed by atoms with Crippen LogP contribution in [0.4, 0.5) is 0 Å². The molecule has 0 bridgehead atoms. The average Bonchev–Trinajstić information content (AvgIpc) is 2.82. The SMILES string of the molecule is COC(=O)[C@@H](OC(C)=O)[C@@H](OC(C)=O)C(=O)N(C)C[C@H](O[Si](C)(C)C(C)(C)C)c1cccc(O[Si](C)(C)C(C)(C)C)c1. The maximum Gasteiger partial charge on any atom is 0.351 e. The van der Waals surface area contributed by atoms with Gasteiger partial charge in [-0.05, 0) is 54.0 Å². The van der Waals surface area contributed by atoms with Gasteiger partial charge in [-0.1, -0.05) is 53.7 Å². The number of amides is 1. The van der Waals surface area contributed by atoms with Crippen molar-refractivity contribution in [1.29, 1.82) is 0 Å². The molecule has 0 radical (unpaired) electrons. The van der Waals surface area contributed by atoms with Gasteiger partial charge in [-0.15, -0.1) is 0 Å². The van der Waals surface area contributed by atoms with Crippen molar-refractivity contribution in [3.05, 3.63) is 29.8 Å². The first kappa shape index (κ1) is 37.3. The molecule has 0 aliphatic heterocycles. The molecule has 0 fully saturated rings. The van der Waals surface area contributed by atoms with Crippen LogP contribution in [-0.4, -0.2) is 78.3 Å². The molecule has 0 unspecified atom stereocenters. The van der Waals surface area contributed by atoms with Crippen molar-refractivity contribution in [3.8, 4) is 5.75 Å². The summed E-state index contributed by atoms with van der Waals surface area (Å²) in [7, 11) is -1.90. The van der Waals surface area contributed by atoms with Crippen LogP contribution in [0.25, 0.3) is 0 Å². The number of hydrogen-bond acceptors (Lipinski definition) is 9. The molecular weight excluding hydrogens is 575 g/mol. The lowest BCUT2D eigenvalue weighted by atomic mass is 10.1. The van der Waals surface area contributed by atoms with E-state index in [-0.39, 0.29) is 16.6 Å². The van der Waals surface area contributed by atoms with Crippen LogP contribution in [0.1, 0.15) is 67.1 Å². The Morgan fingerprint density at radius 2 is 1.33 bits per heavy atom. The summed E-state index contributed by atoms with van der Waals surface area (Å²) in [6, 6.07) is 7.68. The molecule has 0 saturated heterocycles. The van der Waals surface area contributed by atoms with Gasteiger partial charge >= 0.3 is 17.9 Å². The molecule has 0 N–H and O–H groups in total. The van der Waals surface area contributed by atoms with Gasteiger partial charge in [-0.3, -0.25) is 14.4 Å². The lowest BCUT2D eigenvalue weighted by Gasteiger charge is -2.41. The minimum Gasteiger partial charge on any atom is -0.543 e. The number of methoxy groups -OCH3 is 1. The van der Waals surface area contributed by atoms with Gasteiger partial charge in [0, 0.05) is 27.4 Å². The summed E-state index contributed by atoms with van der Waals surface area (Å²) in [5.74, 6) is -2.72. The van der Waals surface area contributed by atoms with Crippen molar-refractivity contribution in [2.24, 2.45) is 0 Å². The molecule has 0 saturated carbocycles. The number of benzene rings is 1. The Bertz CT molecular complexity index is 1120. The van der Waals surface area contributed by atoms with E-state index >= 15 is 0 Å². The molecule has 12 heteroatoms. The van der Waals surface area contributed by atoms with Crippen LogP contribution < -0.4 is 4.43 Å². The highest BCUT2D eigenvalue weighted by Gasteiger charge is 2.44. The smallest absolute Gasteiger partial charge is 0.351 e. The molecule has 0 spiro atoms. The highest BCUT2D eigenvalue weighted by molar-refractivity contribution is 6.75. The Morgan fingerprint density at radius 1 is 0.833 bits per heavy atom. The van der Waals surface area contributed by atoms with Crippen molar-refractivity contribution in [1.82, 2.24) is 4.90 Å². The van der Waals surface area contributed by atoms with Crippen molar-refractivity contribution in [2.45, 2.75) is 110 Å². The van der Waals surface area contributed by atoms with Crippen LogP contribution in [0.5, 0.6) is 5.75 Å². The van der Waals surface area contributed by atoms with Crippen LogP contribution in [0.15, 0.2) is 24.3 Å². The van der Waals surface area contributed by atoms with Crippen molar-refractivity contribution >= 4 is 40.4 Å². The van der Waals surface area contributed by atoms with Gasteiger partial charge in [0.2, 0.25) is 20.5 Å². The first-order chi connectivity index (χ1) is 18.9. The van der Waals surface area contributed by atoms with Crippen LogP contribution in [-0.2, 0) is 37.8 Å². The fourth-order valence-corrected chi connectivity index (χ4v) is 5.77. The summed E-state index contributed by atoms with van der Waals surface area (Å²) in [4.78, 5) is 51.2. The molecule has 0 heterocycles. The third kappa shape index (κ3) is 10.2. The van der Waals surface area contributed by atoms with Gasteiger partial charge in [-0.25, -0.2) is 4.79 Å². The van der Waals surface area contributed by atoms with Crippen molar-refractivity contribution in [2.75, 3.05) is 20.7 Å². The quantitative estimate of drug-likeness (QED) is 0.165. The molecule has 10 nitrogen and oxygen atoms in total. The molecule has 0 aromatic heterocycles. The highest BCUT2D eigenvalue weighted by atomic mass is 28.4. The van der Waals surface area contributed by atoms with E-state index in [4.69, 9.17) is 23.1 Å². The lowest BCUT2D eigenvalue weighted by Crippen LogP contribution is -2.52. The molecule has 0 aliphatic carbocycles. The third-order valence-electron chi connectivity index (χ3n) is 8.01. The summed E-state index contributed by atoms with van der Waals surface area (Å²) in [6.45, 7) is 23.7. The largest absolute Gasteiger partial charge is 0.543 e. The summed E-state index contributed by atoms with van der Waals surface area (Å²) in [5.41, 5.74) is 0.809. The topological polar surface area (TPSA) is 118 Å². The minimum atomic E-state index is -2.37. The number of carbonyl (C=O) groups is 4. The Balaban J connectivity index is 3.55. The zero-order valence-electron chi connectivity index (χ0n) is 27.9.